The van der Waals surface area contributed by atoms with Gasteiger partial charge in [0.1, 0.15) is 12.2 Å². The predicted octanol–water partition coefficient (Wildman–Crippen LogP) is 2.26. The van der Waals surface area contributed by atoms with Crippen molar-refractivity contribution in [2.24, 2.45) is 0 Å². The molecule has 0 aromatic heterocycles. The molecule has 1 aliphatic carbocycles. The molecule has 1 spiro atoms. The second kappa shape index (κ2) is 7.13. The van der Waals surface area contributed by atoms with Gasteiger partial charge in [0, 0.05) is 6.54 Å². The van der Waals surface area contributed by atoms with E-state index in [1.165, 1.54) is 6.42 Å². The molecule has 0 aromatic carbocycles. The van der Waals surface area contributed by atoms with Crippen LogP contribution in [0.5, 0.6) is 0 Å². The largest absolute Gasteiger partial charge is 0.448 e. The molecular weight excluding hydrogens is 284 g/mol. The highest BCUT2D eigenvalue weighted by atomic mass is 35.5. The molecule has 1 aliphatic heterocycles. The highest BCUT2D eigenvalue weighted by molar-refractivity contribution is 5.89. The van der Waals surface area contributed by atoms with Gasteiger partial charge in [-0.05, 0) is 39.8 Å². The Labute approximate surface area is 125 Å². The van der Waals surface area contributed by atoms with Crippen molar-refractivity contribution in [3.63, 3.8) is 0 Å². The van der Waals surface area contributed by atoms with Gasteiger partial charge >= 0.3 is 12.2 Å². The van der Waals surface area contributed by atoms with Gasteiger partial charge in [-0.1, -0.05) is 6.42 Å². The second-order valence-corrected chi connectivity index (χ2v) is 5.62. The number of nitrogens with zero attached hydrogens (tertiary/aromatic N) is 2. The third-order valence-electron chi connectivity index (χ3n) is 3.72. The van der Waals surface area contributed by atoms with E-state index in [-0.39, 0.29) is 19.0 Å². The Hall–Kier alpha value is -1.01. The Morgan fingerprint density at radius 3 is 2.60 bits per heavy atom. The topological polar surface area (TPSA) is 59.1 Å². The highest BCUT2D eigenvalue weighted by Crippen LogP contribution is 2.37. The number of hydrogen-bond donors (Lipinski definition) is 0. The van der Waals surface area contributed by atoms with E-state index in [0.717, 1.165) is 30.6 Å². The molecule has 2 aliphatic rings. The molecule has 0 bridgehead atoms. The molecule has 2 rings (SSSR count). The fourth-order valence-electron chi connectivity index (χ4n) is 2.61. The van der Waals surface area contributed by atoms with Crippen LogP contribution in [0, 0.1) is 0 Å². The number of imide groups is 1. The lowest BCUT2D eigenvalue weighted by atomic mass is 9.85. The average Bonchev–Trinajstić information content (AvgIpc) is 2.66. The number of ether oxygens (including phenoxy) is 2. The van der Waals surface area contributed by atoms with E-state index in [2.05, 4.69) is 0 Å². The first kappa shape index (κ1) is 17.0. The maximum Gasteiger partial charge on any atom is 0.420 e. The van der Waals surface area contributed by atoms with Crippen LogP contribution in [0.25, 0.3) is 0 Å². The highest BCUT2D eigenvalue weighted by Gasteiger charge is 2.48. The third kappa shape index (κ3) is 3.99. The van der Waals surface area contributed by atoms with Crippen LogP contribution < -0.4 is 0 Å². The van der Waals surface area contributed by atoms with Crippen molar-refractivity contribution in [2.75, 3.05) is 33.8 Å². The lowest BCUT2D eigenvalue weighted by Crippen LogP contribution is -2.39. The Morgan fingerprint density at radius 1 is 1.35 bits per heavy atom. The van der Waals surface area contributed by atoms with Crippen LogP contribution in [0.1, 0.15) is 32.1 Å². The Kier molecular flexibility index (Phi) is 6.07. The molecule has 1 saturated carbocycles. The molecule has 6 nitrogen and oxygen atoms in total. The van der Waals surface area contributed by atoms with Crippen molar-refractivity contribution in [1.29, 1.82) is 0 Å². The van der Waals surface area contributed by atoms with Crippen LogP contribution in [-0.4, -0.2) is 61.4 Å². The first-order valence-corrected chi connectivity index (χ1v) is 6.84. The van der Waals surface area contributed by atoms with Gasteiger partial charge < -0.3 is 14.4 Å². The van der Waals surface area contributed by atoms with Gasteiger partial charge in [-0.2, -0.15) is 0 Å². The van der Waals surface area contributed by atoms with E-state index in [1.807, 2.05) is 19.0 Å². The molecule has 0 radical (unpaired) electrons. The maximum absolute atomic E-state index is 11.8. The minimum absolute atomic E-state index is 0. The van der Waals surface area contributed by atoms with Crippen LogP contribution in [0.15, 0.2) is 0 Å². The summed E-state index contributed by atoms with van der Waals surface area (Å²) in [4.78, 5) is 26.6. The van der Waals surface area contributed by atoms with E-state index in [9.17, 15) is 9.59 Å². The summed E-state index contributed by atoms with van der Waals surface area (Å²) in [5, 5.41) is 0. The van der Waals surface area contributed by atoms with Crippen LogP contribution in [0.3, 0.4) is 0 Å². The predicted molar refractivity (Wildman–Crippen MR) is 76.2 cm³/mol. The zero-order chi connectivity index (χ0) is 13.9. The number of amides is 2. The summed E-state index contributed by atoms with van der Waals surface area (Å²) in [6.45, 7) is 1.26. The van der Waals surface area contributed by atoms with Gasteiger partial charge in [0.05, 0.1) is 6.54 Å². The first-order chi connectivity index (χ1) is 9.02. The minimum Gasteiger partial charge on any atom is -0.448 e. The number of likely N-dealkylation sites (N-methyl/N-ethyl adjacent to an activating group) is 1. The standard InChI is InChI=1S/C13H22N2O4.ClH/c1-14(2)8-9-18-11(16)15-10-13(19-12(15)17)6-4-3-5-7-13;/h3-10H2,1-2H3;1H. The summed E-state index contributed by atoms with van der Waals surface area (Å²) in [7, 11) is 3.80. The third-order valence-corrected chi connectivity index (χ3v) is 3.72. The lowest BCUT2D eigenvalue weighted by Gasteiger charge is -2.30. The molecule has 20 heavy (non-hydrogen) atoms. The number of carbonyl (C=O) groups is 2. The molecule has 2 amide bonds. The fourth-order valence-corrected chi connectivity index (χ4v) is 2.61. The zero-order valence-corrected chi connectivity index (χ0v) is 12.9. The summed E-state index contributed by atoms with van der Waals surface area (Å²) in [6.07, 6.45) is 3.83. The lowest BCUT2D eigenvalue weighted by molar-refractivity contribution is 0.0259. The maximum atomic E-state index is 11.8. The first-order valence-electron chi connectivity index (χ1n) is 6.84. The van der Waals surface area contributed by atoms with Crippen molar-refractivity contribution in [2.45, 2.75) is 37.7 Å². The van der Waals surface area contributed by atoms with Crippen LogP contribution in [0.2, 0.25) is 0 Å². The zero-order valence-electron chi connectivity index (χ0n) is 12.1. The van der Waals surface area contributed by atoms with Crippen molar-refractivity contribution >= 4 is 24.6 Å². The van der Waals surface area contributed by atoms with Gasteiger partial charge in [0.25, 0.3) is 0 Å². The molecule has 0 aromatic rings. The molecule has 7 heteroatoms. The quantitative estimate of drug-likeness (QED) is 0.800. The van der Waals surface area contributed by atoms with Crippen LogP contribution >= 0.6 is 12.4 Å². The molecule has 0 N–H and O–H groups in total. The number of hydrogen-bond acceptors (Lipinski definition) is 5. The van der Waals surface area contributed by atoms with Crippen molar-refractivity contribution < 1.29 is 19.1 Å². The number of halogens is 1. The smallest absolute Gasteiger partial charge is 0.420 e. The summed E-state index contributed by atoms with van der Waals surface area (Å²) < 4.78 is 10.5. The van der Waals surface area contributed by atoms with Crippen LogP contribution in [0.4, 0.5) is 9.59 Å². The normalized spacial score (nSPS) is 20.8. The molecule has 1 saturated heterocycles. The van der Waals surface area contributed by atoms with Crippen molar-refractivity contribution in [3.8, 4) is 0 Å². The number of rotatable bonds is 3. The average molecular weight is 307 g/mol. The van der Waals surface area contributed by atoms with E-state index in [4.69, 9.17) is 9.47 Å². The van der Waals surface area contributed by atoms with E-state index >= 15 is 0 Å². The van der Waals surface area contributed by atoms with E-state index in [0.29, 0.717) is 13.1 Å². The van der Waals surface area contributed by atoms with Gasteiger partial charge in [0.2, 0.25) is 0 Å². The van der Waals surface area contributed by atoms with E-state index < -0.39 is 17.8 Å². The molecule has 2 fully saturated rings. The fraction of sp³-hybridized carbons (Fsp3) is 0.846. The Bertz CT molecular complexity index is 356. The molecule has 0 atom stereocenters. The molecule has 116 valence electrons. The summed E-state index contributed by atoms with van der Waals surface area (Å²) in [5.74, 6) is 0. The Balaban J connectivity index is 0.00000200. The summed E-state index contributed by atoms with van der Waals surface area (Å²) in [5.41, 5.74) is -0.449. The van der Waals surface area contributed by atoms with Crippen molar-refractivity contribution in [3.05, 3.63) is 0 Å². The van der Waals surface area contributed by atoms with Gasteiger partial charge in [-0.15, -0.1) is 12.4 Å². The van der Waals surface area contributed by atoms with Gasteiger partial charge in [-0.25, -0.2) is 14.5 Å². The molecule has 0 unspecified atom stereocenters. The summed E-state index contributed by atoms with van der Waals surface area (Å²) in [6, 6.07) is 0. The monoisotopic (exact) mass is 306 g/mol. The van der Waals surface area contributed by atoms with Gasteiger partial charge in [-0.3, -0.25) is 0 Å². The Morgan fingerprint density at radius 2 is 2.00 bits per heavy atom. The van der Waals surface area contributed by atoms with Crippen LogP contribution in [-0.2, 0) is 9.47 Å². The number of carbonyl (C=O) groups excluding carboxylic acids is 2. The van der Waals surface area contributed by atoms with E-state index in [1.54, 1.807) is 0 Å². The minimum atomic E-state index is -0.589. The van der Waals surface area contributed by atoms with Crippen molar-refractivity contribution in [1.82, 2.24) is 9.80 Å². The summed E-state index contributed by atoms with van der Waals surface area (Å²) >= 11 is 0. The second-order valence-electron chi connectivity index (χ2n) is 5.62. The SMILES string of the molecule is CN(C)CCOC(=O)N1CC2(CCCCC2)OC1=O.Cl. The van der Waals surface area contributed by atoms with Gasteiger partial charge in [0.15, 0.2) is 0 Å². The molecule has 1 heterocycles. The molecular formula is C13H23ClN2O4.